The minimum absolute atomic E-state index is 0.111. The van der Waals surface area contributed by atoms with Crippen molar-refractivity contribution >= 4 is 50.7 Å². The molecule has 242 valence electrons. The summed E-state index contributed by atoms with van der Waals surface area (Å²) in [4.78, 5) is 29.5. The van der Waals surface area contributed by atoms with Crippen LogP contribution in [0.5, 0.6) is 0 Å². The largest absolute Gasteiger partial charge is 0.354 e. The lowest BCUT2D eigenvalue weighted by Gasteiger charge is -2.34. The third-order valence-electron chi connectivity index (χ3n) is 7.47. The number of carbonyl (C=O) groups excluding carboxylic acids is 2. The average molecular weight is 685 g/mol. The smallest absolute Gasteiger partial charge is 0.264 e. The van der Waals surface area contributed by atoms with E-state index in [0.717, 1.165) is 34.3 Å². The number of amides is 2. The van der Waals surface area contributed by atoms with Crippen molar-refractivity contribution in [2.24, 2.45) is 0 Å². The Kier molecular flexibility index (Phi) is 12.2. The summed E-state index contributed by atoms with van der Waals surface area (Å²) in [5.74, 6) is -1.96. The first-order valence-corrected chi connectivity index (χ1v) is 17.1. The Morgan fingerprint density at radius 2 is 1.59 bits per heavy atom. The van der Waals surface area contributed by atoms with Gasteiger partial charge < -0.3 is 10.2 Å². The van der Waals surface area contributed by atoms with Crippen molar-refractivity contribution in [1.29, 1.82) is 0 Å². The number of para-hydroxylation sites is 1. The Balaban J connectivity index is 1.82. The van der Waals surface area contributed by atoms with E-state index in [-0.39, 0.29) is 28.6 Å². The van der Waals surface area contributed by atoms with Crippen molar-refractivity contribution < 1.29 is 22.4 Å². The second-order valence-electron chi connectivity index (χ2n) is 10.9. The van der Waals surface area contributed by atoms with E-state index < -0.39 is 40.2 Å². The number of nitrogens with one attached hydrogen (secondary N) is 1. The molecule has 4 aromatic carbocycles. The van der Waals surface area contributed by atoms with Crippen LogP contribution >= 0.6 is 23.2 Å². The molecule has 0 saturated heterocycles. The SMILES string of the molecule is CCCCNC(=O)[C@H](Cc1ccccc1)N(Cc1ccc(Cl)cc1Cl)C(=O)CN(c1ccccc1F)S(=O)(=O)c1ccc(C)cc1. The predicted octanol–water partition coefficient (Wildman–Crippen LogP) is 7.19. The number of nitrogens with zero attached hydrogens (tertiary/aromatic N) is 2. The molecule has 4 aromatic rings. The average Bonchev–Trinajstić information content (AvgIpc) is 3.03. The van der Waals surface area contributed by atoms with Gasteiger partial charge in [0.25, 0.3) is 10.0 Å². The van der Waals surface area contributed by atoms with Gasteiger partial charge in [-0.1, -0.05) is 103 Å². The molecule has 7 nitrogen and oxygen atoms in total. The van der Waals surface area contributed by atoms with Gasteiger partial charge >= 0.3 is 0 Å². The van der Waals surface area contributed by atoms with Gasteiger partial charge in [0.05, 0.1) is 10.6 Å². The lowest BCUT2D eigenvalue weighted by Crippen LogP contribution is -2.53. The molecule has 0 aromatic heterocycles. The first-order valence-electron chi connectivity index (χ1n) is 14.9. The summed E-state index contributed by atoms with van der Waals surface area (Å²) in [6.45, 7) is 3.29. The Hall–Kier alpha value is -3.92. The van der Waals surface area contributed by atoms with Gasteiger partial charge in [-0.05, 0) is 60.9 Å². The van der Waals surface area contributed by atoms with Crippen molar-refractivity contribution in [2.75, 3.05) is 17.4 Å². The van der Waals surface area contributed by atoms with E-state index in [9.17, 15) is 18.0 Å². The summed E-state index contributed by atoms with van der Waals surface area (Å²) in [6, 6.07) is 24.4. The molecule has 46 heavy (non-hydrogen) atoms. The summed E-state index contributed by atoms with van der Waals surface area (Å²) >= 11 is 12.7. The first-order chi connectivity index (χ1) is 22.0. The fourth-order valence-corrected chi connectivity index (χ4v) is 6.79. The van der Waals surface area contributed by atoms with Crippen LogP contribution in [0.25, 0.3) is 0 Å². The van der Waals surface area contributed by atoms with E-state index in [1.54, 1.807) is 24.3 Å². The topological polar surface area (TPSA) is 86.8 Å². The Bertz CT molecular complexity index is 1760. The van der Waals surface area contributed by atoms with E-state index in [2.05, 4.69) is 5.32 Å². The molecule has 0 radical (unpaired) electrons. The van der Waals surface area contributed by atoms with Gasteiger partial charge in [-0.25, -0.2) is 12.8 Å². The van der Waals surface area contributed by atoms with Crippen LogP contribution in [0.3, 0.4) is 0 Å². The number of aryl methyl sites for hydroxylation is 1. The van der Waals surface area contributed by atoms with Crippen molar-refractivity contribution in [2.45, 2.75) is 50.6 Å². The minimum Gasteiger partial charge on any atom is -0.354 e. The monoisotopic (exact) mass is 683 g/mol. The van der Waals surface area contributed by atoms with E-state index in [1.807, 2.05) is 44.2 Å². The highest BCUT2D eigenvalue weighted by molar-refractivity contribution is 7.92. The zero-order chi connectivity index (χ0) is 33.3. The van der Waals surface area contributed by atoms with E-state index in [4.69, 9.17) is 23.2 Å². The minimum atomic E-state index is -4.43. The normalized spacial score (nSPS) is 11.9. The maximum Gasteiger partial charge on any atom is 0.264 e. The van der Waals surface area contributed by atoms with Gasteiger partial charge in [-0.15, -0.1) is 0 Å². The summed E-state index contributed by atoms with van der Waals surface area (Å²) in [5.41, 5.74) is 1.82. The van der Waals surface area contributed by atoms with Gasteiger partial charge in [0, 0.05) is 29.6 Å². The molecule has 0 unspecified atom stereocenters. The maximum absolute atomic E-state index is 15.3. The Morgan fingerprint density at radius 1 is 0.913 bits per heavy atom. The number of halogens is 3. The van der Waals surface area contributed by atoms with E-state index in [0.29, 0.717) is 17.1 Å². The molecule has 0 heterocycles. The molecule has 0 aliphatic carbocycles. The number of hydrogen-bond acceptors (Lipinski definition) is 4. The van der Waals surface area contributed by atoms with Crippen LogP contribution in [0.4, 0.5) is 10.1 Å². The summed E-state index contributed by atoms with van der Waals surface area (Å²) in [7, 11) is -4.43. The van der Waals surface area contributed by atoms with Crippen molar-refractivity contribution in [3.8, 4) is 0 Å². The Labute approximate surface area is 280 Å². The van der Waals surface area contributed by atoms with Gasteiger partial charge in [-0.2, -0.15) is 0 Å². The van der Waals surface area contributed by atoms with Crippen molar-refractivity contribution in [3.63, 3.8) is 0 Å². The number of hydrogen-bond donors (Lipinski definition) is 1. The molecule has 2 amide bonds. The molecule has 0 saturated carbocycles. The standard InChI is InChI=1S/C35H36Cl2FN3O4S/c1-3-4-20-39-35(43)33(21-26-10-6-5-7-11-26)40(23-27-16-17-28(36)22-30(27)37)34(42)24-41(32-13-9-8-12-31(32)38)46(44,45)29-18-14-25(2)15-19-29/h5-19,22,33H,3-4,20-21,23-24H2,1-2H3,(H,39,43)/t33-/m0/s1. The van der Waals surface area contributed by atoms with Gasteiger partial charge in [-0.3, -0.25) is 13.9 Å². The second kappa shape index (κ2) is 16.1. The van der Waals surface area contributed by atoms with E-state index >= 15 is 4.39 Å². The number of unbranched alkanes of at least 4 members (excludes halogenated alkanes) is 1. The first kappa shape index (κ1) is 34.9. The van der Waals surface area contributed by atoms with Gasteiger partial charge in [0.2, 0.25) is 11.8 Å². The van der Waals surface area contributed by atoms with Gasteiger partial charge in [0.15, 0.2) is 0 Å². The number of sulfonamides is 1. The zero-order valence-electron chi connectivity index (χ0n) is 25.6. The number of anilines is 1. The van der Waals surface area contributed by atoms with Crippen LogP contribution in [0.2, 0.25) is 10.0 Å². The van der Waals surface area contributed by atoms with Crippen LogP contribution in [-0.2, 0) is 32.6 Å². The third-order valence-corrected chi connectivity index (χ3v) is 9.83. The van der Waals surface area contributed by atoms with Crippen molar-refractivity contribution in [1.82, 2.24) is 10.2 Å². The van der Waals surface area contributed by atoms with E-state index in [1.165, 1.54) is 41.3 Å². The predicted molar refractivity (Wildman–Crippen MR) is 181 cm³/mol. The highest BCUT2D eigenvalue weighted by atomic mass is 35.5. The molecule has 1 atom stereocenters. The fraction of sp³-hybridized carbons (Fsp3) is 0.257. The second-order valence-corrected chi connectivity index (χ2v) is 13.6. The molecular weight excluding hydrogens is 648 g/mol. The third kappa shape index (κ3) is 8.87. The Morgan fingerprint density at radius 3 is 2.24 bits per heavy atom. The van der Waals surface area contributed by atoms with Crippen LogP contribution in [0.15, 0.2) is 102 Å². The van der Waals surface area contributed by atoms with Crippen LogP contribution in [0, 0.1) is 12.7 Å². The number of benzene rings is 4. The molecule has 11 heteroatoms. The lowest BCUT2D eigenvalue weighted by atomic mass is 10.0. The van der Waals surface area contributed by atoms with Crippen LogP contribution in [0.1, 0.15) is 36.5 Å². The molecule has 0 spiro atoms. The highest BCUT2D eigenvalue weighted by Gasteiger charge is 2.35. The number of rotatable bonds is 14. The fourth-order valence-electron chi connectivity index (χ4n) is 4.90. The molecule has 0 aliphatic heterocycles. The number of carbonyl (C=O) groups is 2. The molecular formula is C35H36Cl2FN3O4S. The summed E-state index contributed by atoms with van der Waals surface area (Å²) in [6.07, 6.45) is 1.72. The lowest BCUT2D eigenvalue weighted by molar-refractivity contribution is -0.140. The van der Waals surface area contributed by atoms with Crippen LogP contribution < -0.4 is 9.62 Å². The zero-order valence-corrected chi connectivity index (χ0v) is 28.0. The van der Waals surface area contributed by atoms with Gasteiger partial charge in [0.1, 0.15) is 18.4 Å². The quantitative estimate of drug-likeness (QED) is 0.143. The molecule has 0 aliphatic rings. The van der Waals surface area contributed by atoms with Crippen molar-refractivity contribution in [3.05, 3.63) is 130 Å². The molecule has 1 N–H and O–H groups in total. The molecule has 0 fully saturated rings. The maximum atomic E-state index is 15.3. The highest BCUT2D eigenvalue weighted by Crippen LogP contribution is 2.28. The summed E-state index contributed by atoms with van der Waals surface area (Å²) < 4.78 is 44.1. The molecule has 0 bridgehead atoms. The van der Waals surface area contributed by atoms with Crippen LogP contribution in [-0.4, -0.2) is 44.3 Å². The molecule has 4 rings (SSSR count). The summed E-state index contributed by atoms with van der Waals surface area (Å²) in [5, 5.41) is 3.59.